The van der Waals surface area contributed by atoms with E-state index in [1.54, 1.807) is 23.2 Å². The number of hydrogen-bond acceptors (Lipinski definition) is 9. The molecule has 0 spiro atoms. The van der Waals surface area contributed by atoms with Crippen molar-refractivity contribution >= 4 is 21.5 Å². The lowest BCUT2D eigenvalue weighted by atomic mass is 9.82. The van der Waals surface area contributed by atoms with Crippen molar-refractivity contribution in [1.82, 2.24) is 20.0 Å². The lowest BCUT2D eigenvalue weighted by molar-refractivity contribution is 0.254. The average molecular weight is 582 g/mol. The predicted molar refractivity (Wildman–Crippen MR) is 161 cm³/mol. The van der Waals surface area contributed by atoms with E-state index in [1.165, 1.54) is 16.7 Å². The molecule has 3 aliphatic heterocycles. The Kier molecular flexibility index (Phi) is 7.18. The van der Waals surface area contributed by atoms with Gasteiger partial charge in [0, 0.05) is 24.4 Å². The number of nitrogens with zero attached hydrogens (tertiary/aromatic N) is 4. The van der Waals surface area contributed by atoms with Gasteiger partial charge in [-0.15, -0.1) is 0 Å². The topological polar surface area (TPSA) is 127 Å². The molecule has 222 valence electrons. The minimum Gasteiger partial charge on any atom is -0.488 e. The lowest BCUT2D eigenvalue weighted by Crippen LogP contribution is -2.42. The summed E-state index contributed by atoms with van der Waals surface area (Å²) in [4.78, 5) is 7.22. The van der Waals surface area contributed by atoms with Gasteiger partial charge in [-0.2, -0.15) is 5.10 Å². The first-order chi connectivity index (χ1) is 19.4. The van der Waals surface area contributed by atoms with E-state index in [0.717, 1.165) is 56.6 Å². The first-order valence-corrected chi connectivity index (χ1v) is 16.5. The lowest BCUT2D eigenvalue weighted by Gasteiger charge is -2.31. The van der Waals surface area contributed by atoms with Crippen molar-refractivity contribution in [1.29, 1.82) is 0 Å². The van der Waals surface area contributed by atoms with Crippen molar-refractivity contribution in [2.24, 2.45) is 16.6 Å². The van der Waals surface area contributed by atoms with E-state index in [4.69, 9.17) is 15.5 Å². The van der Waals surface area contributed by atoms with Crippen molar-refractivity contribution < 1.29 is 13.2 Å². The molecule has 2 fully saturated rings. The second kappa shape index (κ2) is 10.4. The van der Waals surface area contributed by atoms with Gasteiger partial charge in [-0.3, -0.25) is 10.4 Å². The number of nitrogens with one attached hydrogen (secondary N) is 2. The normalized spacial score (nSPS) is 25.1. The smallest absolute Gasteiger partial charge is 0.202 e. The van der Waals surface area contributed by atoms with Gasteiger partial charge in [-0.25, -0.2) is 13.4 Å². The van der Waals surface area contributed by atoms with E-state index in [1.807, 2.05) is 13.8 Å². The van der Waals surface area contributed by atoms with Crippen LogP contribution in [-0.4, -0.2) is 61.1 Å². The molecule has 1 aromatic carbocycles. The number of guanidine groups is 1. The van der Waals surface area contributed by atoms with Gasteiger partial charge in [0.2, 0.25) is 5.96 Å². The summed E-state index contributed by atoms with van der Waals surface area (Å²) < 4.78 is 34.9. The van der Waals surface area contributed by atoms with E-state index in [0.29, 0.717) is 17.4 Å². The Bertz CT molecular complexity index is 1500. The molecule has 2 atom stereocenters. The van der Waals surface area contributed by atoms with E-state index in [2.05, 4.69) is 47.6 Å². The van der Waals surface area contributed by atoms with Crippen molar-refractivity contribution in [3.63, 3.8) is 0 Å². The first-order valence-electron chi connectivity index (χ1n) is 14.9. The number of benzene rings is 1. The molecule has 6 rings (SSSR count). The highest BCUT2D eigenvalue weighted by molar-refractivity contribution is 7.91. The first kappa shape index (κ1) is 28.2. The van der Waals surface area contributed by atoms with Gasteiger partial charge >= 0.3 is 0 Å². The zero-order valence-electron chi connectivity index (χ0n) is 24.8. The van der Waals surface area contributed by atoms with Gasteiger partial charge in [0.05, 0.1) is 23.0 Å². The third-order valence-electron chi connectivity index (χ3n) is 8.57. The van der Waals surface area contributed by atoms with Crippen LogP contribution in [0.5, 0.6) is 5.75 Å². The number of piperidine rings is 1. The van der Waals surface area contributed by atoms with E-state index >= 15 is 0 Å². The van der Waals surface area contributed by atoms with Crippen LogP contribution in [0.25, 0.3) is 0 Å². The monoisotopic (exact) mass is 581 g/mol. The minimum atomic E-state index is -3.66. The molecule has 1 aliphatic carbocycles. The second-order valence-electron chi connectivity index (χ2n) is 12.8. The number of ether oxygens (including phenoxy) is 1. The predicted octanol–water partition coefficient (Wildman–Crippen LogP) is 3.79. The van der Waals surface area contributed by atoms with Crippen molar-refractivity contribution in [3.05, 3.63) is 46.8 Å². The Morgan fingerprint density at radius 2 is 1.98 bits per heavy atom. The van der Waals surface area contributed by atoms with Crippen molar-refractivity contribution in [2.75, 3.05) is 31.2 Å². The van der Waals surface area contributed by atoms with Crippen LogP contribution in [-0.2, 0) is 21.9 Å². The van der Waals surface area contributed by atoms with Crippen LogP contribution in [0.3, 0.4) is 0 Å². The molecular weight excluding hydrogens is 538 g/mol. The molecule has 0 bridgehead atoms. The van der Waals surface area contributed by atoms with Gasteiger partial charge in [0.15, 0.2) is 20.5 Å². The number of hydrogen-bond donors (Lipinski definition) is 3. The molecule has 4 heterocycles. The maximum atomic E-state index is 13.4. The fraction of sp³-hybridized carbons (Fsp3) is 0.600. The summed E-state index contributed by atoms with van der Waals surface area (Å²) in [5, 5.41) is 11.2. The van der Waals surface area contributed by atoms with Crippen LogP contribution < -0.4 is 21.1 Å². The van der Waals surface area contributed by atoms with Crippen LogP contribution in [0.2, 0.25) is 0 Å². The summed E-state index contributed by atoms with van der Waals surface area (Å²) in [7, 11) is -1.47. The van der Waals surface area contributed by atoms with Gasteiger partial charge in [-0.1, -0.05) is 13.8 Å². The summed E-state index contributed by atoms with van der Waals surface area (Å²) in [6.07, 6.45) is 10.4. The van der Waals surface area contributed by atoms with E-state index < -0.39 is 15.5 Å². The molecule has 0 radical (unpaired) electrons. The maximum absolute atomic E-state index is 13.4. The molecule has 1 saturated heterocycles. The highest BCUT2D eigenvalue weighted by atomic mass is 32.2. The molecule has 0 amide bonds. The molecule has 1 aromatic heterocycles. The highest BCUT2D eigenvalue weighted by Gasteiger charge is 2.39. The van der Waals surface area contributed by atoms with Crippen LogP contribution in [0, 0.1) is 12.8 Å². The fourth-order valence-electron chi connectivity index (χ4n) is 6.48. The molecular formula is C30H43N7O3S. The summed E-state index contributed by atoms with van der Waals surface area (Å²) in [6.45, 7) is 10.3. The Labute approximate surface area is 243 Å². The van der Waals surface area contributed by atoms with Crippen LogP contribution in [0.15, 0.2) is 34.6 Å². The number of rotatable bonds is 7. The summed E-state index contributed by atoms with van der Waals surface area (Å²) in [6, 6.07) is 2.36. The SMILES string of the molecule is Cc1cc(NC2=NC(N)(c3cn(C4CC4)nc3S(=O)(=O)CC(C)C)C=CN2)c2c(c1C1CCN(C)CC1)CC(C)O2. The maximum Gasteiger partial charge on any atom is 0.202 e. The summed E-state index contributed by atoms with van der Waals surface area (Å²) in [5.41, 5.74) is 10.7. The molecule has 4 N–H and O–H groups in total. The molecule has 2 unspecified atom stereocenters. The summed E-state index contributed by atoms with van der Waals surface area (Å²) in [5.74, 6) is 1.79. The Morgan fingerprint density at radius 3 is 2.66 bits per heavy atom. The molecule has 41 heavy (non-hydrogen) atoms. The molecule has 4 aliphatic rings. The van der Waals surface area contributed by atoms with E-state index in [-0.39, 0.29) is 28.8 Å². The van der Waals surface area contributed by atoms with Crippen molar-refractivity contribution in [3.8, 4) is 5.75 Å². The number of aromatic nitrogens is 2. The number of nitrogens with two attached hydrogens (primary N) is 1. The minimum absolute atomic E-state index is 0.000880. The zero-order chi connectivity index (χ0) is 29.1. The molecule has 2 aromatic rings. The quantitative estimate of drug-likeness (QED) is 0.451. The van der Waals surface area contributed by atoms with Gasteiger partial charge in [0.25, 0.3) is 0 Å². The number of aryl methyl sites for hydroxylation is 1. The third-order valence-corrected chi connectivity index (χ3v) is 10.6. The Hall–Kier alpha value is -2.89. The van der Waals surface area contributed by atoms with Crippen molar-refractivity contribution in [2.45, 2.75) is 88.6 Å². The third kappa shape index (κ3) is 5.51. The number of fused-ring (bicyclic) bond motifs is 1. The standard InChI is InChI=1S/C30H43N7O3S/c1-18(2)17-41(38,39)28-24(16-37(35-28)22-6-7-22)30(31)10-11-32-29(34-30)33-25-14-19(3)26(21-8-12-36(5)13-9-21)23-15-20(4)40-27(23)25/h10-11,14,16,18,20-22H,6-9,12-13,15,17,31H2,1-5H3,(H2,32,33,34). The summed E-state index contributed by atoms with van der Waals surface area (Å²) >= 11 is 0. The number of likely N-dealkylation sites (tertiary alicyclic amines) is 1. The molecule has 10 nitrogen and oxygen atoms in total. The van der Waals surface area contributed by atoms with Crippen LogP contribution in [0.1, 0.15) is 80.7 Å². The molecule has 11 heteroatoms. The van der Waals surface area contributed by atoms with Crippen LogP contribution >= 0.6 is 0 Å². The van der Waals surface area contributed by atoms with Gasteiger partial charge < -0.3 is 20.3 Å². The Morgan fingerprint density at radius 1 is 1.24 bits per heavy atom. The number of aliphatic imine (C=N–C) groups is 1. The average Bonchev–Trinajstić information content (AvgIpc) is 3.50. The van der Waals surface area contributed by atoms with Gasteiger partial charge in [0.1, 0.15) is 11.9 Å². The Balaban J connectivity index is 1.35. The van der Waals surface area contributed by atoms with E-state index in [9.17, 15) is 8.42 Å². The number of sulfone groups is 1. The fourth-order valence-corrected chi connectivity index (χ4v) is 8.28. The van der Waals surface area contributed by atoms with Gasteiger partial charge in [-0.05, 0) is 94.8 Å². The molecule has 1 saturated carbocycles. The number of anilines is 1. The largest absolute Gasteiger partial charge is 0.488 e. The van der Waals surface area contributed by atoms with Crippen LogP contribution in [0.4, 0.5) is 5.69 Å². The zero-order valence-corrected chi connectivity index (χ0v) is 25.6. The highest BCUT2D eigenvalue weighted by Crippen LogP contribution is 2.45. The second-order valence-corrected chi connectivity index (χ2v) is 14.7.